The highest BCUT2D eigenvalue weighted by molar-refractivity contribution is 6.09. The highest BCUT2D eigenvalue weighted by Gasteiger charge is 2.25. The zero-order valence-electron chi connectivity index (χ0n) is 9.82. The van der Waals surface area contributed by atoms with Crippen LogP contribution in [0.4, 0.5) is 14.5 Å². The molecule has 1 N–H and O–H groups in total. The Morgan fingerprint density at radius 1 is 1.47 bits per heavy atom. The number of nitrogens with zero attached hydrogens (tertiary/aromatic N) is 1. The standard InChI is InChI=1S/C13H10F2N2O2/c1-2-3-12(18)9(7-16)13(19)17-11-5-4-8(14)6-10(11)15/h2,4-6,9H,1,3H2,(H,17,19). The number of Topliss-reactive ketones (excluding diaryl/α,β-unsaturated/α-hetero) is 1. The van der Waals surface area contributed by atoms with Gasteiger partial charge >= 0.3 is 0 Å². The maximum atomic E-state index is 13.3. The summed E-state index contributed by atoms with van der Waals surface area (Å²) < 4.78 is 26.0. The Balaban J connectivity index is 2.86. The molecule has 19 heavy (non-hydrogen) atoms. The first-order valence-corrected chi connectivity index (χ1v) is 5.28. The van der Waals surface area contributed by atoms with Crippen molar-refractivity contribution in [2.24, 2.45) is 5.92 Å². The molecule has 4 nitrogen and oxygen atoms in total. The van der Waals surface area contributed by atoms with Gasteiger partial charge in [-0.25, -0.2) is 8.78 Å². The molecule has 1 aromatic carbocycles. The van der Waals surface area contributed by atoms with Crippen LogP contribution in [0.3, 0.4) is 0 Å². The molecule has 1 atom stereocenters. The summed E-state index contributed by atoms with van der Waals surface area (Å²) in [5, 5.41) is 10.8. The van der Waals surface area contributed by atoms with E-state index in [-0.39, 0.29) is 12.1 Å². The second-order valence-electron chi connectivity index (χ2n) is 3.63. The number of nitriles is 1. The first-order chi connectivity index (χ1) is 8.99. The highest BCUT2D eigenvalue weighted by atomic mass is 19.1. The molecule has 0 fully saturated rings. The van der Waals surface area contributed by atoms with Crippen molar-refractivity contribution >= 4 is 17.4 Å². The summed E-state index contributed by atoms with van der Waals surface area (Å²) in [6.45, 7) is 3.32. The Morgan fingerprint density at radius 2 is 2.16 bits per heavy atom. The summed E-state index contributed by atoms with van der Waals surface area (Å²) in [6.07, 6.45) is 1.12. The molecule has 0 bridgehead atoms. The summed E-state index contributed by atoms with van der Waals surface area (Å²) in [5.74, 6) is -4.93. The molecule has 6 heteroatoms. The summed E-state index contributed by atoms with van der Waals surface area (Å²) in [7, 11) is 0. The van der Waals surface area contributed by atoms with Crippen molar-refractivity contribution in [3.63, 3.8) is 0 Å². The Labute approximate surface area is 108 Å². The molecular formula is C13H10F2N2O2. The van der Waals surface area contributed by atoms with Gasteiger partial charge in [-0.1, -0.05) is 6.08 Å². The van der Waals surface area contributed by atoms with Crippen molar-refractivity contribution in [1.82, 2.24) is 0 Å². The first kappa shape index (κ1) is 14.5. The third-order valence-corrected chi connectivity index (χ3v) is 2.25. The van der Waals surface area contributed by atoms with Gasteiger partial charge in [0.05, 0.1) is 11.8 Å². The van der Waals surface area contributed by atoms with Crippen molar-refractivity contribution in [2.75, 3.05) is 5.32 Å². The van der Waals surface area contributed by atoms with Gasteiger partial charge in [-0.05, 0) is 12.1 Å². The maximum Gasteiger partial charge on any atom is 0.249 e. The molecule has 0 saturated heterocycles. The van der Waals surface area contributed by atoms with E-state index < -0.39 is 29.2 Å². The van der Waals surface area contributed by atoms with Crippen molar-refractivity contribution < 1.29 is 18.4 Å². The van der Waals surface area contributed by atoms with E-state index in [9.17, 15) is 18.4 Å². The van der Waals surface area contributed by atoms with Gasteiger partial charge in [-0.3, -0.25) is 9.59 Å². The smallest absolute Gasteiger partial charge is 0.249 e. The van der Waals surface area contributed by atoms with E-state index >= 15 is 0 Å². The summed E-state index contributed by atoms with van der Waals surface area (Å²) >= 11 is 0. The summed E-state index contributed by atoms with van der Waals surface area (Å²) in [6, 6.07) is 4.08. The molecule has 0 spiro atoms. The molecule has 1 rings (SSSR count). The van der Waals surface area contributed by atoms with Crippen LogP contribution < -0.4 is 5.32 Å². The predicted octanol–water partition coefficient (Wildman–Crippen LogP) is 2.19. The van der Waals surface area contributed by atoms with Gasteiger partial charge in [0.15, 0.2) is 11.7 Å². The minimum absolute atomic E-state index is 0.141. The monoisotopic (exact) mass is 264 g/mol. The fourth-order valence-electron chi connectivity index (χ4n) is 1.33. The van der Waals surface area contributed by atoms with Crippen LogP contribution in [0.15, 0.2) is 30.9 Å². The highest BCUT2D eigenvalue weighted by Crippen LogP contribution is 2.16. The van der Waals surface area contributed by atoms with Crippen LogP contribution in [0.1, 0.15) is 6.42 Å². The maximum absolute atomic E-state index is 13.3. The molecule has 98 valence electrons. The third-order valence-electron chi connectivity index (χ3n) is 2.25. The average molecular weight is 264 g/mol. The Kier molecular flexibility index (Phi) is 4.89. The molecular weight excluding hydrogens is 254 g/mol. The minimum Gasteiger partial charge on any atom is -0.322 e. The zero-order chi connectivity index (χ0) is 14.4. The SMILES string of the molecule is C=CCC(=O)C(C#N)C(=O)Nc1ccc(F)cc1F. The number of benzene rings is 1. The quantitative estimate of drug-likeness (QED) is 0.654. The number of amides is 1. The number of hydrogen-bond donors (Lipinski definition) is 1. The molecule has 0 heterocycles. The lowest BCUT2D eigenvalue weighted by Crippen LogP contribution is -2.28. The van der Waals surface area contributed by atoms with Crippen LogP contribution in [-0.4, -0.2) is 11.7 Å². The summed E-state index contributed by atoms with van der Waals surface area (Å²) in [4.78, 5) is 23.1. The fourth-order valence-corrected chi connectivity index (χ4v) is 1.33. The lowest BCUT2D eigenvalue weighted by molar-refractivity contribution is -0.128. The van der Waals surface area contributed by atoms with E-state index in [1.54, 1.807) is 0 Å². The lowest BCUT2D eigenvalue weighted by Gasteiger charge is -2.09. The number of hydrogen-bond acceptors (Lipinski definition) is 3. The Hall–Kier alpha value is -2.55. The molecule has 1 amide bonds. The summed E-state index contributed by atoms with van der Waals surface area (Å²) in [5.41, 5.74) is -0.293. The van der Waals surface area contributed by atoms with Crippen molar-refractivity contribution in [3.8, 4) is 6.07 Å². The van der Waals surface area contributed by atoms with Crippen LogP contribution in [0.2, 0.25) is 0 Å². The minimum atomic E-state index is -1.55. The van der Waals surface area contributed by atoms with Crippen LogP contribution in [-0.2, 0) is 9.59 Å². The van der Waals surface area contributed by atoms with E-state index in [4.69, 9.17) is 5.26 Å². The molecule has 0 saturated carbocycles. The first-order valence-electron chi connectivity index (χ1n) is 5.28. The number of nitrogens with one attached hydrogen (secondary N) is 1. The van der Waals surface area contributed by atoms with Gasteiger partial charge in [0, 0.05) is 12.5 Å². The van der Waals surface area contributed by atoms with E-state index in [1.807, 2.05) is 0 Å². The van der Waals surface area contributed by atoms with Crippen LogP contribution in [0.25, 0.3) is 0 Å². The number of rotatable bonds is 5. The number of carbonyl (C=O) groups excluding carboxylic acids is 2. The normalized spacial score (nSPS) is 11.2. The Bertz CT molecular complexity index is 564. The molecule has 0 radical (unpaired) electrons. The second kappa shape index (κ2) is 6.40. The van der Waals surface area contributed by atoms with Gasteiger partial charge in [-0.15, -0.1) is 6.58 Å². The van der Waals surface area contributed by atoms with Gasteiger partial charge in [0.1, 0.15) is 11.6 Å². The zero-order valence-corrected chi connectivity index (χ0v) is 9.82. The van der Waals surface area contributed by atoms with E-state index in [1.165, 1.54) is 12.1 Å². The molecule has 0 aliphatic heterocycles. The van der Waals surface area contributed by atoms with Gasteiger partial charge in [0.25, 0.3) is 0 Å². The van der Waals surface area contributed by atoms with Crippen LogP contribution in [0, 0.1) is 28.9 Å². The van der Waals surface area contributed by atoms with Crippen molar-refractivity contribution in [2.45, 2.75) is 6.42 Å². The van der Waals surface area contributed by atoms with Gasteiger partial charge < -0.3 is 5.32 Å². The topological polar surface area (TPSA) is 70.0 Å². The number of carbonyl (C=O) groups is 2. The van der Waals surface area contributed by atoms with Crippen molar-refractivity contribution in [1.29, 1.82) is 5.26 Å². The number of allylic oxidation sites excluding steroid dienone is 1. The molecule has 0 aromatic heterocycles. The molecule has 1 aromatic rings. The van der Waals surface area contributed by atoms with Gasteiger partial charge in [-0.2, -0.15) is 5.26 Å². The fraction of sp³-hybridized carbons (Fsp3) is 0.154. The van der Waals surface area contributed by atoms with E-state index in [0.717, 1.165) is 12.1 Å². The molecule has 0 aliphatic carbocycles. The number of ketones is 1. The average Bonchev–Trinajstić information content (AvgIpc) is 2.34. The third kappa shape index (κ3) is 3.71. The number of anilines is 1. The lowest BCUT2D eigenvalue weighted by atomic mass is 10.0. The second-order valence-corrected chi connectivity index (χ2v) is 3.63. The van der Waals surface area contributed by atoms with Crippen molar-refractivity contribution in [3.05, 3.63) is 42.5 Å². The largest absolute Gasteiger partial charge is 0.322 e. The van der Waals surface area contributed by atoms with Crippen LogP contribution >= 0.6 is 0 Å². The van der Waals surface area contributed by atoms with Crippen LogP contribution in [0.5, 0.6) is 0 Å². The van der Waals surface area contributed by atoms with E-state index in [0.29, 0.717) is 6.07 Å². The predicted molar refractivity (Wildman–Crippen MR) is 63.9 cm³/mol. The van der Waals surface area contributed by atoms with E-state index in [2.05, 4.69) is 11.9 Å². The Morgan fingerprint density at radius 3 is 2.68 bits per heavy atom. The number of halogens is 2. The molecule has 1 unspecified atom stereocenters. The molecule has 0 aliphatic rings. The van der Waals surface area contributed by atoms with Gasteiger partial charge in [0.2, 0.25) is 5.91 Å².